The summed E-state index contributed by atoms with van der Waals surface area (Å²) in [4.78, 5) is 6.67. The van der Waals surface area contributed by atoms with Crippen molar-refractivity contribution >= 4 is 11.6 Å². The SMILES string of the molecule is CCC1CN(Cc2cccc(Cl)n2)CCO1. The van der Waals surface area contributed by atoms with E-state index in [2.05, 4.69) is 16.8 Å². The fraction of sp³-hybridized carbons (Fsp3) is 0.583. The maximum absolute atomic E-state index is 5.86. The first-order valence-corrected chi connectivity index (χ1v) is 6.11. The van der Waals surface area contributed by atoms with Crippen LogP contribution in [0, 0.1) is 0 Å². The molecule has 1 aliphatic rings. The lowest BCUT2D eigenvalue weighted by Crippen LogP contribution is -2.41. The molecule has 2 rings (SSSR count). The first-order chi connectivity index (χ1) is 7.78. The van der Waals surface area contributed by atoms with Crippen LogP contribution in [0.25, 0.3) is 0 Å². The highest BCUT2D eigenvalue weighted by atomic mass is 35.5. The quantitative estimate of drug-likeness (QED) is 0.759. The van der Waals surface area contributed by atoms with E-state index >= 15 is 0 Å². The molecule has 4 heteroatoms. The van der Waals surface area contributed by atoms with Crippen LogP contribution in [0.4, 0.5) is 0 Å². The molecule has 1 aromatic heterocycles. The van der Waals surface area contributed by atoms with Gasteiger partial charge in [0.25, 0.3) is 0 Å². The van der Waals surface area contributed by atoms with Gasteiger partial charge in [-0.3, -0.25) is 4.90 Å². The number of ether oxygens (including phenoxy) is 1. The molecule has 1 aromatic rings. The summed E-state index contributed by atoms with van der Waals surface area (Å²) in [6.45, 7) is 5.81. The number of morpholine rings is 1. The van der Waals surface area contributed by atoms with E-state index in [1.54, 1.807) is 6.07 Å². The van der Waals surface area contributed by atoms with Gasteiger partial charge in [-0.2, -0.15) is 0 Å². The second kappa shape index (κ2) is 5.62. The summed E-state index contributed by atoms with van der Waals surface area (Å²) in [7, 11) is 0. The topological polar surface area (TPSA) is 25.4 Å². The zero-order chi connectivity index (χ0) is 11.4. The molecular weight excluding hydrogens is 224 g/mol. The molecule has 1 aliphatic heterocycles. The van der Waals surface area contributed by atoms with Gasteiger partial charge in [-0.1, -0.05) is 24.6 Å². The minimum absolute atomic E-state index is 0.368. The minimum atomic E-state index is 0.368. The molecule has 0 spiro atoms. The molecule has 0 radical (unpaired) electrons. The lowest BCUT2D eigenvalue weighted by Gasteiger charge is -2.32. The van der Waals surface area contributed by atoms with Gasteiger partial charge < -0.3 is 4.74 Å². The zero-order valence-corrected chi connectivity index (χ0v) is 10.3. The minimum Gasteiger partial charge on any atom is -0.376 e. The summed E-state index contributed by atoms with van der Waals surface area (Å²) in [6.07, 6.45) is 1.44. The van der Waals surface area contributed by atoms with E-state index in [9.17, 15) is 0 Å². The van der Waals surface area contributed by atoms with Crippen molar-refractivity contribution in [3.05, 3.63) is 29.0 Å². The number of aromatic nitrogens is 1. The van der Waals surface area contributed by atoms with Crippen LogP contribution in [0.3, 0.4) is 0 Å². The smallest absolute Gasteiger partial charge is 0.129 e. The summed E-state index contributed by atoms with van der Waals surface area (Å²) >= 11 is 5.86. The lowest BCUT2D eigenvalue weighted by atomic mass is 10.2. The molecule has 1 unspecified atom stereocenters. The Morgan fingerprint density at radius 3 is 3.19 bits per heavy atom. The fourth-order valence-corrected chi connectivity index (χ4v) is 2.12. The number of pyridine rings is 1. The molecule has 3 nitrogen and oxygen atoms in total. The predicted octanol–water partition coefficient (Wildman–Crippen LogP) is 2.35. The van der Waals surface area contributed by atoms with Gasteiger partial charge in [-0.05, 0) is 18.6 Å². The van der Waals surface area contributed by atoms with Crippen molar-refractivity contribution in [1.82, 2.24) is 9.88 Å². The molecule has 1 fully saturated rings. The summed E-state index contributed by atoms with van der Waals surface area (Å²) in [5.74, 6) is 0. The molecule has 1 atom stereocenters. The van der Waals surface area contributed by atoms with Crippen LogP contribution >= 0.6 is 11.6 Å². The Kier molecular flexibility index (Phi) is 4.16. The van der Waals surface area contributed by atoms with Gasteiger partial charge in [0, 0.05) is 19.6 Å². The highest BCUT2D eigenvalue weighted by Crippen LogP contribution is 2.12. The van der Waals surface area contributed by atoms with E-state index in [-0.39, 0.29) is 0 Å². The molecule has 0 bridgehead atoms. The number of halogens is 1. The van der Waals surface area contributed by atoms with Crippen LogP contribution < -0.4 is 0 Å². The van der Waals surface area contributed by atoms with E-state index in [4.69, 9.17) is 16.3 Å². The first kappa shape index (κ1) is 11.8. The average Bonchev–Trinajstić information content (AvgIpc) is 2.29. The van der Waals surface area contributed by atoms with Gasteiger partial charge in [0.1, 0.15) is 5.15 Å². The highest BCUT2D eigenvalue weighted by Gasteiger charge is 2.19. The van der Waals surface area contributed by atoms with Crippen LogP contribution in [0.15, 0.2) is 18.2 Å². The lowest BCUT2D eigenvalue weighted by molar-refractivity contribution is -0.0328. The summed E-state index contributed by atoms with van der Waals surface area (Å²) in [5, 5.41) is 0.567. The Bertz CT molecular complexity index is 346. The maximum atomic E-state index is 5.86. The van der Waals surface area contributed by atoms with Crippen molar-refractivity contribution in [2.24, 2.45) is 0 Å². The molecule has 0 saturated carbocycles. The molecular formula is C12H17ClN2O. The third-order valence-electron chi connectivity index (χ3n) is 2.84. The summed E-state index contributed by atoms with van der Waals surface area (Å²) in [5.41, 5.74) is 1.03. The molecule has 88 valence electrons. The van der Waals surface area contributed by atoms with Crippen molar-refractivity contribution in [2.75, 3.05) is 19.7 Å². The third kappa shape index (κ3) is 3.17. The monoisotopic (exact) mass is 240 g/mol. The van der Waals surface area contributed by atoms with Crippen LogP contribution in [-0.4, -0.2) is 35.7 Å². The van der Waals surface area contributed by atoms with Gasteiger partial charge in [-0.25, -0.2) is 4.98 Å². The Balaban J connectivity index is 1.94. The van der Waals surface area contributed by atoms with Gasteiger partial charge in [0.05, 0.1) is 18.4 Å². The average molecular weight is 241 g/mol. The Labute approximate surface area is 101 Å². The molecule has 2 heterocycles. The van der Waals surface area contributed by atoms with Crippen molar-refractivity contribution in [3.8, 4) is 0 Å². The maximum Gasteiger partial charge on any atom is 0.129 e. The van der Waals surface area contributed by atoms with Crippen molar-refractivity contribution in [1.29, 1.82) is 0 Å². The van der Waals surface area contributed by atoms with E-state index in [0.717, 1.165) is 38.4 Å². The molecule has 0 aromatic carbocycles. The second-order valence-corrected chi connectivity index (χ2v) is 4.48. The van der Waals surface area contributed by atoms with E-state index in [1.165, 1.54) is 0 Å². The van der Waals surface area contributed by atoms with E-state index < -0.39 is 0 Å². The molecule has 0 amide bonds. The largest absolute Gasteiger partial charge is 0.376 e. The fourth-order valence-electron chi connectivity index (χ4n) is 1.94. The molecule has 1 saturated heterocycles. The molecule has 16 heavy (non-hydrogen) atoms. The van der Waals surface area contributed by atoms with Crippen molar-refractivity contribution in [2.45, 2.75) is 26.0 Å². The van der Waals surface area contributed by atoms with Crippen LogP contribution in [0.2, 0.25) is 5.15 Å². The summed E-state index contributed by atoms with van der Waals surface area (Å²) < 4.78 is 5.63. The van der Waals surface area contributed by atoms with E-state index in [1.807, 2.05) is 12.1 Å². The number of hydrogen-bond acceptors (Lipinski definition) is 3. The van der Waals surface area contributed by atoms with E-state index in [0.29, 0.717) is 11.3 Å². The van der Waals surface area contributed by atoms with Crippen molar-refractivity contribution < 1.29 is 4.74 Å². The Morgan fingerprint density at radius 2 is 2.44 bits per heavy atom. The predicted molar refractivity (Wildman–Crippen MR) is 64.6 cm³/mol. The van der Waals surface area contributed by atoms with Crippen LogP contribution in [0.5, 0.6) is 0 Å². The molecule has 0 N–H and O–H groups in total. The van der Waals surface area contributed by atoms with Crippen molar-refractivity contribution in [3.63, 3.8) is 0 Å². The summed E-state index contributed by atoms with van der Waals surface area (Å²) in [6, 6.07) is 5.77. The highest BCUT2D eigenvalue weighted by molar-refractivity contribution is 6.29. The van der Waals surface area contributed by atoms with Crippen LogP contribution in [-0.2, 0) is 11.3 Å². The van der Waals surface area contributed by atoms with Gasteiger partial charge in [-0.15, -0.1) is 0 Å². The van der Waals surface area contributed by atoms with Crippen LogP contribution in [0.1, 0.15) is 19.0 Å². The van der Waals surface area contributed by atoms with Gasteiger partial charge >= 0.3 is 0 Å². The first-order valence-electron chi connectivity index (χ1n) is 5.73. The number of rotatable bonds is 3. The second-order valence-electron chi connectivity index (χ2n) is 4.09. The number of nitrogens with zero attached hydrogens (tertiary/aromatic N) is 2. The standard InChI is InChI=1S/C12H17ClN2O/c1-2-11-9-15(6-7-16-11)8-10-4-3-5-12(13)14-10/h3-5,11H,2,6-9H2,1H3. The zero-order valence-electron chi connectivity index (χ0n) is 9.53. The normalized spacial score (nSPS) is 22.2. The number of hydrogen-bond donors (Lipinski definition) is 0. The Morgan fingerprint density at radius 1 is 1.56 bits per heavy atom. The third-order valence-corrected chi connectivity index (χ3v) is 3.05. The Hall–Kier alpha value is -0.640. The van der Waals surface area contributed by atoms with Gasteiger partial charge in [0.15, 0.2) is 0 Å². The molecule has 0 aliphatic carbocycles. The van der Waals surface area contributed by atoms with Gasteiger partial charge in [0.2, 0.25) is 0 Å².